The van der Waals surface area contributed by atoms with Crippen LogP contribution >= 0.6 is 22.6 Å². The first-order valence-corrected chi connectivity index (χ1v) is 7.97. The minimum Gasteiger partial charge on any atom is -0.497 e. The SMILES string of the molecule is COc1ccc(OC)c(CCC(=O)Nc2ccccc2I)c1. The summed E-state index contributed by atoms with van der Waals surface area (Å²) < 4.78 is 11.6. The highest BCUT2D eigenvalue weighted by Gasteiger charge is 2.09. The molecule has 0 aliphatic carbocycles. The second-order valence-electron chi connectivity index (χ2n) is 4.71. The van der Waals surface area contributed by atoms with Crippen LogP contribution in [0.25, 0.3) is 0 Å². The van der Waals surface area contributed by atoms with Crippen molar-refractivity contribution in [3.63, 3.8) is 0 Å². The zero-order valence-corrected chi connectivity index (χ0v) is 14.7. The Bertz CT molecular complexity index is 658. The summed E-state index contributed by atoms with van der Waals surface area (Å²) in [7, 11) is 3.24. The number of carbonyl (C=O) groups is 1. The highest BCUT2D eigenvalue weighted by molar-refractivity contribution is 14.1. The third kappa shape index (κ3) is 4.37. The molecule has 0 saturated heterocycles. The molecule has 0 heterocycles. The Hall–Kier alpha value is -1.76. The molecule has 0 spiro atoms. The van der Waals surface area contributed by atoms with Crippen molar-refractivity contribution >= 4 is 34.2 Å². The standard InChI is InChI=1S/C17H18INO3/c1-21-13-8-9-16(22-2)12(11-13)7-10-17(20)19-15-6-4-3-5-14(15)18/h3-6,8-9,11H,7,10H2,1-2H3,(H,19,20). The van der Waals surface area contributed by atoms with Crippen LogP contribution in [0.5, 0.6) is 11.5 Å². The molecule has 116 valence electrons. The van der Waals surface area contributed by atoms with Gasteiger partial charge in [-0.25, -0.2) is 0 Å². The van der Waals surface area contributed by atoms with Gasteiger partial charge in [-0.1, -0.05) is 12.1 Å². The largest absolute Gasteiger partial charge is 0.497 e. The predicted molar refractivity (Wildman–Crippen MR) is 95.7 cm³/mol. The van der Waals surface area contributed by atoms with Crippen LogP contribution < -0.4 is 14.8 Å². The molecule has 0 fully saturated rings. The van der Waals surface area contributed by atoms with Gasteiger partial charge in [0.15, 0.2) is 0 Å². The van der Waals surface area contributed by atoms with Gasteiger partial charge in [0.2, 0.25) is 5.91 Å². The van der Waals surface area contributed by atoms with Crippen LogP contribution in [0.15, 0.2) is 42.5 Å². The predicted octanol–water partition coefficient (Wildman–Crippen LogP) is 3.88. The lowest BCUT2D eigenvalue weighted by atomic mass is 10.1. The fourth-order valence-corrected chi connectivity index (χ4v) is 2.62. The Labute approximate surface area is 144 Å². The molecular weight excluding hydrogens is 393 g/mol. The van der Waals surface area contributed by atoms with E-state index in [1.807, 2.05) is 42.5 Å². The molecule has 0 aliphatic heterocycles. The molecule has 5 heteroatoms. The quantitative estimate of drug-likeness (QED) is 0.735. The van der Waals surface area contributed by atoms with E-state index in [1.54, 1.807) is 14.2 Å². The number of methoxy groups -OCH3 is 2. The van der Waals surface area contributed by atoms with Gasteiger partial charge in [0, 0.05) is 9.99 Å². The molecule has 2 aromatic carbocycles. The summed E-state index contributed by atoms with van der Waals surface area (Å²) >= 11 is 2.20. The number of ether oxygens (including phenoxy) is 2. The zero-order chi connectivity index (χ0) is 15.9. The summed E-state index contributed by atoms with van der Waals surface area (Å²) in [6.45, 7) is 0. The molecule has 0 aromatic heterocycles. The van der Waals surface area contributed by atoms with Gasteiger partial charge >= 0.3 is 0 Å². The van der Waals surface area contributed by atoms with Crippen molar-refractivity contribution in [1.29, 1.82) is 0 Å². The lowest BCUT2D eigenvalue weighted by Gasteiger charge is -2.11. The van der Waals surface area contributed by atoms with Gasteiger partial charge in [-0.3, -0.25) is 4.79 Å². The van der Waals surface area contributed by atoms with Crippen molar-refractivity contribution in [1.82, 2.24) is 0 Å². The number of amides is 1. The van der Waals surface area contributed by atoms with Crippen molar-refractivity contribution in [3.05, 3.63) is 51.6 Å². The summed E-state index contributed by atoms with van der Waals surface area (Å²) in [4.78, 5) is 12.1. The number of hydrogen-bond donors (Lipinski definition) is 1. The normalized spacial score (nSPS) is 10.1. The fourth-order valence-electron chi connectivity index (χ4n) is 2.10. The number of carbonyl (C=O) groups excluding carboxylic acids is 1. The van der Waals surface area contributed by atoms with E-state index < -0.39 is 0 Å². The molecule has 2 aromatic rings. The molecule has 0 saturated carbocycles. The molecule has 0 radical (unpaired) electrons. The first-order chi connectivity index (χ1) is 10.6. The van der Waals surface area contributed by atoms with Crippen LogP contribution in [0.2, 0.25) is 0 Å². The molecule has 1 amide bonds. The van der Waals surface area contributed by atoms with Gasteiger partial charge in [0.25, 0.3) is 0 Å². The van der Waals surface area contributed by atoms with Gasteiger partial charge in [0.1, 0.15) is 11.5 Å². The molecule has 1 N–H and O–H groups in total. The Morgan fingerprint density at radius 3 is 2.59 bits per heavy atom. The van der Waals surface area contributed by atoms with Crippen molar-refractivity contribution in [3.8, 4) is 11.5 Å². The molecule has 0 atom stereocenters. The van der Waals surface area contributed by atoms with Crippen LogP contribution in [0.4, 0.5) is 5.69 Å². The van der Waals surface area contributed by atoms with Gasteiger partial charge in [-0.15, -0.1) is 0 Å². The fraction of sp³-hybridized carbons (Fsp3) is 0.235. The Morgan fingerprint density at radius 1 is 1.14 bits per heavy atom. The lowest BCUT2D eigenvalue weighted by Crippen LogP contribution is -2.13. The molecular formula is C17H18INO3. The van der Waals surface area contributed by atoms with Crippen molar-refractivity contribution in [2.45, 2.75) is 12.8 Å². The van der Waals surface area contributed by atoms with E-state index in [1.165, 1.54) is 0 Å². The van der Waals surface area contributed by atoms with E-state index in [0.717, 1.165) is 26.3 Å². The molecule has 0 aliphatic rings. The highest BCUT2D eigenvalue weighted by Crippen LogP contribution is 2.25. The molecule has 0 unspecified atom stereocenters. The van der Waals surface area contributed by atoms with Gasteiger partial charge < -0.3 is 14.8 Å². The van der Waals surface area contributed by atoms with E-state index in [2.05, 4.69) is 27.9 Å². The van der Waals surface area contributed by atoms with Crippen LogP contribution in [0.3, 0.4) is 0 Å². The van der Waals surface area contributed by atoms with E-state index in [0.29, 0.717) is 12.8 Å². The number of anilines is 1. The average molecular weight is 411 g/mol. The Morgan fingerprint density at radius 2 is 1.91 bits per heavy atom. The van der Waals surface area contributed by atoms with Crippen LogP contribution in [0, 0.1) is 3.57 Å². The minimum absolute atomic E-state index is 0.0195. The second-order valence-corrected chi connectivity index (χ2v) is 5.87. The van der Waals surface area contributed by atoms with Crippen molar-refractivity contribution in [2.24, 2.45) is 0 Å². The van der Waals surface area contributed by atoms with Crippen LogP contribution in [0.1, 0.15) is 12.0 Å². The summed E-state index contributed by atoms with van der Waals surface area (Å²) in [5.41, 5.74) is 1.80. The van der Waals surface area contributed by atoms with Gasteiger partial charge in [0.05, 0.1) is 19.9 Å². The lowest BCUT2D eigenvalue weighted by molar-refractivity contribution is -0.116. The number of halogens is 1. The van der Waals surface area contributed by atoms with E-state index >= 15 is 0 Å². The first-order valence-electron chi connectivity index (χ1n) is 6.89. The topological polar surface area (TPSA) is 47.6 Å². The first kappa shape index (κ1) is 16.6. The number of para-hydroxylation sites is 1. The number of benzene rings is 2. The Balaban J connectivity index is 2.00. The Kier molecular flexibility index (Phi) is 6.06. The third-order valence-corrected chi connectivity index (χ3v) is 4.20. The monoisotopic (exact) mass is 411 g/mol. The summed E-state index contributed by atoms with van der Waals surface area (Å²) in [5, 5.41) is 2.93. The van der Waals surface area contributed by atoms with Gasteiger partial charge in [-0.05, 0) is 64.9 Å². The number of aryl methyl sites for hydroxylation is 1. The van der Waals surface area contributed by atoms with E-state index in [-0.39, 0.29) is 5.91 Å². The maximum atomic E-state index is 12.1. The summed E-state index contributed by atoms with van der Waals surface area (Å²) in [6, 6.07) is 13.3. The summed E-state index contributed by atoms with van der Waals surface area (Å²) in [6.07, 6.45) is 0.976. The molecule has 2 rings (SSSR count). The molecule has 4 nitrogen and oxygen atoms in total. The third-order valence-electron chi connectivity index (χ3n) is 3.26. The number of nitrogens with one attached hydrogen (secondary N) is 1. The van der Waals surface area contributed by atoms with Crippen LogP contribution in [-0.4, -0.2) is 20.1 Å². The maximum absolute atomic E-state index is 12.1. The summed E-state index contributed by atoms with van der Waals surface area (Å²) in [5.74, 6) is 1.51. The molecule has 0 bridgehead atoms. The zero-order valence-electron chi connectivity index (χ0n) is 12.6. The average Bonchev–Trinajstić information content (AvgIpc) is 2.54. The van der Waals surface area contributed by atoms with E-state index in [9.17, 15) is 4.79 Å². The molecule has 22 heavy (non-hydrogen) atoms. The van der Waals surface area contributed by atoms with Crippen LogP contribution in [-0.2, 0) is 11.2 Å². The van der Waals surface area contributed by atoms with Crippen molar-refractivity contribution in [2.75, 3.05) is 19.5 Å². The van der Waals surface area contributed by atoms with Gasteiger partial charge in [-0.2, -0.15) is 0 Å². The van der Waals surface area contributed by atoms with Crippen molar-refractivity contribution < 1.29 is 14.3 Å². The second kappa shape index (κ2) is 8.03. The number of rotatable bonds is 6. The van der Waals surface area contributed by atoms with E-state index in [4.69, 9.17) is 9.47 Å². The number of hydrogen-bond acceptors (Lipinski definition) is 3. The highest BCUT2D eigenvalue weighted by atomic mass is 127. The minimum atomic E-state index is -0.0195. The smallest absolute Gasteiger partial charge is 0.224 e. The maximum Gasteiger partial charge on any atom is 0.224 e.